The average Bonchev–Trinajstić information content (AvgIpc) is 2.38. The Labute approximate surface area is 120 Å². The molecule has 1 heterocycles. The second kappa shape index (κ2) is 6.12. The molecule has 1 aromatic heterocycles. The summed E-state index contributed by atoms with van der Waals surface area (Å²) in [6.07, 6.45) is 0.686. The first-order valence-corrected chi connectivity index (χ1v) is 6.91. The SMILES string of the molecule is CNCCc1c(C)nc(-c2ccc(Br)cc2)[nH]c1=O. The highest BCUT2D eigenvalue weighted by atomic mass is 79.9. The van der Waals surface area contributed by atoms with Crippen molar-refractivity contribution in [2.45, 2.75) is 13.3 Å². The van der Waals surface area contributed by atoms with E-state index in [0.29, 0.717) is 12.2 Å². The summed E-state index contributed by atoms with van der Waals surface area (Å²) in [5.41, 5.74) is 2.39. The Bertz CT molecular complexity index is 620. The molecule has 0 fully saturated rings. The van der Waals surface area contributed by atoms with Gasteiger partial charge >= 0.3 is 0 Å². The summed E-state index contributed by atoms with van der Waals surface area (Å²) in [4.78, 5) is 19.4. The summed E-state index contributed by atoms with van der Waals surface area (Å²) in [7, 11) is 1.87. The number of hydrogen-bond donors (Lipinski definition) is 2. The monoisotopic (exact) mass is 321 g/mol. The fraction of sp³-hybridized carbons (Fsp3) is 0.286. The van der Waals surface area contributed by atoms with E-state index in [-0.39, 0.29) is 5.56 Å². The highest BCUT2D eigenvalue weighted by Gasteiger charge is 2.08. The number of nitrogens with zero attached hydrogens (tertiary/aromatic N) is 1. The van der Waals surface area contributed by atoms with E-state index in [9.17, 15) is 4.79 Å². The molecule has 0 spiro atoms. The van der Waals surface area contributed by atoms with Crippen LogP contribution in [0.4, 0.5) is 0 Å². The van der Waals surface area contributed by atoms with Gasteiger partial charge in [-0.15, -0.1) is 0 Å². The van der Waals surface area contributed by atoms with Crippen molar-refractivity contribution in [3.63, 3.8) is 0 Å². The lowest BCUT2D eigenvalue weighted by Gasteiger charge is -2.07. The molecule has 0 bridgehead atoms. The van der Waals surface area contributed by atoms with Gasteiger partial charge in [-0.3, -0.25) is 4.79 Å². The molecule has 2 aromatic rings. The average molecular weight is 322 g/mol. The maximum atomic E-state index is 12.1. The van der Waals surface area contributed by atoms with Crippen LogP contribution in [0.25, 0.3) is 11.4 Å². The molecule has 0 saturated carbocycles. The molecule has 0 aliphatic rings. The summed E-state index contributed by atoms with van der Waals surface area (Å²) in [5.74, 6) is 0.614. The number of likely N-dealkylation sites (N-methyl/N-ethyl adjacent to an activating group) is 1. The number of nitrogens with one attached hydrogen (secondary N) is 2. The van der Waals surface area contributed by atoms with Crippen LogP contribution in [0.3, 0.4) is 0 Å². The number of H-pyrrole nitrogens is 1. The Kier molecular flexibility index (Phi) is 4.50. The number of halogens is 1. The van der Waals surface area contributed by atoms with Gasteiger partial charge in [0, 0.05) is 21.3 Å². The van der Waals surface area contributed by atoms with Crippen LogP contribution in [0.5, 0.6) is 0 Å². The molecule has 0 amide bonds. The van der Waals surface area contributed by atoms with Crippen LogP contribution in [0, 0.1) is 6.92 Å². The lowest BCUT2D eigenvalue weighted by atomic mass is 10.1. The van der Waals surface area contributed by atoms with Gasteiger partial charge in [0.15, 0.2) is 0 Å². The van der Waals surface area contributed by atoms with Crippen molar-refractivity contribution in [3.05, 3.63) is 50.3 Å². The Morgan fingerprint density at radius 3 is 2.58 bits per heavy atom. The van der Waals surface area contributed by atoms with Gasteiger partial charge < -0.3 is 10.3 Å². The molecule has 19 heavy (non-hydrogen) atoms. The zero-order valence-electron chi connectivity index (χ0n) is 11.0. The van der Waals surface area contributed by atoms with E-state index in [1.807, 2.05) is 38.2 Å². The molecule has 2 rings (SSSR count). The van der Waals surface area contributed by atoms with Gasteiger partial charge in [-0.25, -0.2) is 4.98 Å². The minimum atomic E-state index is -0.0549. The Balaban J connectivity index is 2.39. The number of hydrogen-bond acceptors (Lipinski definition) is 3. The van der Waals surface area contributed by atoms with Crippen molar-refractivity contribution >= 4 is 15.9 Å². The molecule has 0 unspecified atom stereocenters. The van der Waals surface area contributed by atoms with Gasteiger partial charge in [0.25, 0.3) is 5.56 Å². The summed E-state index contributed by atoms with van der Waals surface area (Å²) in [6, 6.07) is 7.71. The second-order valence-electron chi connectivity index (χ2n) is 4.34. The molecule has 5 heteroatoms. The molecule has 100 valence electrons. The van der Waals surface area contributed by atoms with Crippen molar-refractivity contribution < 1.29 is 0 Å². The Hall–Kier alpha value is -1.46. The second-order valence-corrected chi connectivity index (χ2v) is 5.25. The van der Waals surface area contributed by atoms with E-state index < -0.39 is 0 Å². The number of aryl methyl sites for hydroxylation is 1. The first kappa shape index (κ1) is 14.0. The molecular formula is C14H16BrN3O. The molecule has 0 aliphatic heterocycles. The molecule has 0 saturated heterocycles. The van der Waals surface area contributed by atoms with E-state index in [0.717, 1.165) is 27.8 Å². The molecular weight excluding hydrogens is 306 g/mol. The molecule has 1 aromatic carbocycles. The molecule has 0 atom stereocenters. The third-order valence-electron chi connectivity index (χ3n) is 2.96. The smallest absolute Gasteiger partial charge is 0.254 e. The van der Waals surface area contributed by atoms with Crippen molar-refractivity contribution in [3.8, 4) is 11.4 Å². The van der Waals surface area contributed by atoms with E-state index in [2.05, 4.69) is 31.2 Å². The van der Waals surface area contributed by atoms with Crippen molar-refractivity contribution in [2.24, 2.45) is 0 Å². The first-order chi connectivity index (χ1) is 9.11. The van der Waals surface area contributed by atoms with Gasteiger partial charge in [-0.05, 0) is 39.1 Å². The Morgan fingerprint density at radius 1 is 1.32 bits per heavy atom. The zero-order chi connectivity index (χ0) is 13.8. The molecule has 2 N–H and O–H groups in total. The van der Waals surface area contributed by atoms with E-state index >= 15 is 0 Å². The highest BCUT2D eigenvalue weighted by molar-refractivity contribution is 9.10. The minimum absolute atomic E-state index is 0.0549. The summed E-state index contributed by atoms with van der Waals surface area (Å²) in [6.45, 7) is 2.64. The van der Waals surface area contributed by atoms with Crippen LogP contribution in [-0.2, 0) is 6.42 Å². The third kappa shape index (κ3) is 3.30. The summed E-state index contributed by atoms with van der Waals surface area (Å²) < 4.78 is 1.00. The lowest BCUT2D eigenvalue weighted by Crippen LogP contribution is -2.21. The fourth-order valence-corrected chi connectivity index (χ4v) is 2.16. The van der Waals surface area contributed by atoms with Gasteiger partial charge in [-0.1, -0.05) is 28.1 Å². The lowest BCUT2D eigenvalue weighted by molar-refractivity contribution is 0.774. The third-order valence-corrected chi connectivity index (χ3v) is 3.49. The van der Waals surface area contributed by atoms with Crippen LogP contribution < -0.4 is 10.9 Å². The van der Waals surface area contributed by atoms with Gasteiger partial charge in [0.1, 0.15) is 5.82 Å². The maximum Gasteiger partial charge on any atom is 0.254 e. The van der Waals surface area contributed by atoms with Crippen molar-refractivity contribution in [2.75, 3.05) is 13.6 Å². The van der Waals surface area contributed by atoms with Crippen LogP contribution >= 0.6 is 15.9 Å². The highest BCUT2D eigenvalue weighted by Crippen LogP contribution is 2.18. The van der Waals surface area contributed by atoms with E-state index in [4.69, 9.17) is 0 Å². The van der Waals surface area contributed by atoms with Crippen molar-refractivity contribution in [1.29, 1.82) is 0 Å². The quantitative estimate of drug-likeness (QED) is 0.908. The Morgan fingerprint density at radius 2 is 2.00 bits per heavy atom. The summed E-state index contributed by atoms with van der Waals surface area (Å²) in [5, 5.41) is 3.04. The summed E-state index contributed by atoms with van der Waals surface area (Å²) >= 11 is 3.39. The standard InChI is InChI=1S/C14H16BrN3O/c1-9-12(7-8-16-2)14(19)18-13(17-9)10-3-5-11(15)6-4-10/h3-6,16H,7-8H2,1-2H3,(H,17,18,19). The van der Waals surface area contributed by atoms with Crippen LogP contribution in [0.15, 0.2) is 33.5 Å². The zero-order valence-corrected chi connectivity index (χ0v) is 12.5. The van der Waals surface area contributed by atoms with Gasteiger partial charge in [0.2, 0.25) is 0 Å². The topological polar surface area (TPSA) is 57.8 Å². The van der Waals surface area contributed by atoms with Gasteiger partial charge in [0.05, 0.1) is 0 Å². The predicted octanol–water partition coefficient (Wildman–Crippen LogP) is 2.27. The van der Waals surface area contributed by atoms with Crippen LogP contribution in [0.1, 0.15) is 11.3 Å². The maximum absolute atomic E-state index is 12.1. The van der Waals surface area contributed by atoms with Crippen molar-refractivity contribution in [1.82, 2.24) is 15.3 Å². The normalized spacial score (nSPS) is 10.7. The number of aromatic amines is 1. The number of rotatable bonds is 4. The van der Waals surface area contributed by atoms with Crippen LogP contribution in [-0.4, -0.2) is 23.6 Å². The van der Waals surface area contributed by atoms with Gasteiger partial charge in [-0.2, -0.15) is 0 Å². The number of aromatic nitrogens is 2. The minimum Gasteiger partial charge on any atom is -0.319 e. The fourth-order valence-electron chi connectivity index (χ4n) is 1.90. The molecule has 0 aliphatic carbocycles. The first-order valence-electron chi connectivity index (χ1n) is 6.12. The largest absolute Gasteiger partial charge is 0.319 e. The molecule has 0 radical (unpaired) electrons. The predicted molar refractivity (Wildman–Crippen MR) is 80.4 cm³/mol. The van der Waals surface area contributed by atoms with E-state index in [1.165, 1.54) is 0 Å². The molecule has 4 nitrogen and oxygen atoms in total. The number of benzene rings is 1. The van der Waals surface area contributed by atoms with Crippen LogP contribution in [0.2, 0.25) is 0 Å². The van der Waals surface area contributed by atoms with E-state index in [1.54, 1.807) is 0 Å².